The van der Waals surface area contributed by atoms with E-state index in [0.29, 0.717) is 41.1 Å². The van der Waals surface area contributed by atoms with E-state index in [1.54, 1.807) is 25.8 Å². The molecule has 0 bridgehead atoms. The van der Waals surface area contributed by atoms with Crippen molar-refractivity contribution in [1.82, 2.24) is 4.90 Å². The van der Waals surface area contributed by atoms with Crippen molar-refractivity contribution in [2.45, 2.75) is 25.6 Å². The molecule has 1 aromatic heterocycles. The van der Waals surface area contributed by atoms with Gasteiger partial charge in [0.15, 0.2) is 0 Å². The molecule has 0 amide bonds. The molecule has 2 heterocycles. The first-order chi connectivity index (χ1) is 13.1. The summed E-state index contributed by atoms with van der Waals surface area (Å²) in [6, 6.07) is 5.95. The third kappa shape index (κ3) is 5.35. The fraction of sp³-hybridized carbons (Fsp3) is 0.550. The van der Waals surface area contributed by atoms with Crippen LogP contribution in [0.4, 0.5) is 0 Å². The van der Waals surface area contributed by atoms with Gasteiger partial charge in [0, 0.05) is 30.3 Å². The average Bonchev–Trinajstić information content (AvgIpc) is 3.06. The third-order valence-electron chi connectivity index (χ3n) is 4.71. The number of rotatable bonds is 8. The first-order valence-corrected chi connectivity index (χ1v) is 10.5. The maximum atomic E-state index is 12.5. The number of carbonyl (C=O) groups excluding carboxylic acids is 1. The van der Waals surface area contributed by atoms with Crippen LogP contribution in [0.25, 0.3) is 11.0 Å². The number of hydrogen-bond donors (Lipinski definition) is 0. The van der Waals surface area contributed by atoms with Crippen molar-refractivity contribution in [2.75, 3.05) is 45.8 Å². The van der Waals surface area contributed by atoms with Crippen molar-refractivity contribution in [2.24, 2.45) is 0 Å². The molecule has 1 unspecified atom stereocenters. The number of nitrogens with zero attached hydrogens (tertiary/aromatic N) is 1. The Morgan fingerprint density at radius 1 is 1.32 bits per heavy atom. The first-order valence-electron chi connectivity index (χ1n) is 9.30. The van der Waals surface area contributed by atoms with Crippen LogP contribution in [0, 0.1) is 0 Å². The van der Waals surface area contributed by atoms with Gasteiger partial charge in [0.25, 0.3) is 0 Å². The molecular formula is C20H28ClNO5S. The molecule has 28 heavy (non-hydrogen) atoms. The molecular weight excluding hydrogens is 402 g/mol. The summed E-state index contributed by atoms with van der Waals surface area (Å²) in [5.41, 5.74) is 1.19. The highest BCUT2D eigenvalue weighted by atomic mass is 35.5. The van der Waals surface area contributed by atoms with Gasteiger partial charge in [0.2, 0.25) is 0 Å². The largest absolute Gasteiger partial charge is 0.497 e. The van der Waals surface area contributed by atoms with Crippen LogP contribution in [0.15, 0.2) is 22.6 Å². The smallest absolute Gasteiger partial charge is 0.342 e. The Hall–Kier alpha value is -1.41. The van der Waals surface area contributed by atoms with Gasteiger partial charge < -0.3 is 18.6 Å². The van der Waals surface area contributed by atoms with Crippen LogP contribution in [0.3, 0.4) is 0 Å². The molecule has 156 valence electrons. The normalized spacial score (nSPS) is 15.8. The Morgan fingerprint density at radius 3 is 2.75 bits per heavy atom. The second kappa shape index (κ2) is 11.0. The Kier molecular flexibility index (Phi) is 8.95. The van der Waals surface area contributed by atoms with Crippen molar-refractivity contribution < 1.29 is 23.4 Å². The van der Waals surface area contributed by atoms with Crippen LogP contribution in [0.5, 0.6) is 5.75 Å². The highest BCUT2D eigenvalue weighted by Gasteiger charge is 2.23. The SMILES string of the molecule is CCOC(=O)c1c(CSCC(C)N2CCOCC2)oc2ccc(OC)cc12.Cl. The summed E-state index contributed by atoms with van der Waals surface area (Å²) in [5, 5.41) is 0.740. The zero-order chi connectivity index (χ0) is 19.2. The van der Waals surface area contributed by atoms with E-state index in [0.717, 1.165) is 37.4 Å². The van der Waals surface area contributed by atoms with Gasteiger partial charge in [0.05, 0.1) is 32.7 Å². The number of methoxy groups -OCH3 is 1. The van der Waals surface area contributed by atoms with Crippen molar-refractivity contribution >= 4 is 41.1 Å². The van der Waals surface area contributed by atoms with E-state index in [9.17, 15) is 4.79 Å². The maximum Gasteiger partial charge on any atom is 0.342 e. The van der Waals surface area contributed by atoms with Crippen LogP contribution >= 0.6 is 24.2 Å². The fourth-order valence-corrected chi connectivity index (χ4v) is 4.29. The second-order valence-electron chi connectivity index (χ2n) is 6.50. The lowest BCUT2D eigenvalue weighted by molar-refractivity contribution is 0.0246. The minimum atomic E-state index is -0.346. The molecule has 0 aliphatic carbocycles. The number of hydrogen-bond acceptors (Lipinski definition) is 7. The number of carbonyl (C=O) groups is 1. The first kappa shape index (κ1) is 22.9. The molecule has 1 fully saturated rings. The number of benzene rings is 1. The molecule has 8 heteroatoms. The molecule has 0 spiro atoms. The minimum Gasteiger partial charge on any atom is -0.497 e. The molecule has 1 aromatic carbocycles. The Labute approximate surface area is 176 Å². The number of thioether (sulfide) groups is 1. The Bertz CT molecular complexity index is 775. The van der Waals surface area contributed by atoms with Crippen molar-refractivity contribution in [3.63, 3.8) is 0 Å². The molecule has 1 saturated heterocycles. The summed E-state index contributed by atoms with van der Waals surface area (Å²) >= 11 is 1.77. The van der Waals surface area contributed by atoms with E-state index in [1.807, 2.05) is 18.2 Å². The van der Waals surface area contributed by atoms with E-state index < -0.39 is 0 Å². The topological polar surface area (TPSA) is 61.1 Å². The van der Waals surface area contributed by atoms with Gasteiger partial charge in [-0.1, -0.05) is 0 Å². The van der Waals surface area contributed by atoms with Crippen molar-refractivity contribution in [3.05, 3.63) is 29.5 Å². The molecule has 6 nitrogen and oxygen atoms in total. The standard InChI is InChI=1S/C20H27NO5S.ClH/c1-4-25-20(22)19-16-11-15(23-3)5-6-17(16)26-18(19)13-27-12-14(2)21-7-9-24-10-8-21;/h5-6,11,14H,4,7-10,12-13H2,1-3H3;1H. The highest BCUT2D eigenvalue weighted by Crippen LogP contribution is 2.32. The van der Waals surface area contributed by atoms with Crippen LogP contribution in [0.2, 0.25) is 0 Å². The Morgan fingerprint density at radius 2 is 2.07 bits per heavy atom. The van der Waals surface area contributed by atoms with Crippen molar-refractivity contribution in [3.8, 4) is 5.75 Å². The number of esters is 1. The number of halogens is 1. The van der Waals surface area contributed by atoms with Crippen LogP contribution in [0.1, 0.15) is 30.0 Å². The lowest BCUT2D eigenvalue weighted by Crippen LogP contribution is -2.43. The summed E-state index contributed by atoms with van der Waals surface area (Å²) in [7, 11) is 1.61. The monoisotopic (exact) mass is 429 g/mol. The summed E-state index contributed by atoms with van der Waals surface area (Å²) in [5.74, 6) is 2.59. The Balaban J connectivity index is 0.00000280. The third-order valence-corrected chi connectivity index (χ3v) is 5.89. The fourth-order valence-electron chi connectivity index (χ4n) is 3.23. The van der Waals surface area contributed by atoms with E-state index in [-0.39, 0.29) is 18.4 Å². The van der Waals surface area contributed by atoms with E-state index in [4.69, 9.17) is 18.6 Å². The van der Waals surface area contributed by atoms with E-state index in [2.05, 4.69) is 11.8 Å². The summed E-state index contributed by atoms with van der Waals surface area (Å²) in [4.78, 5) is 15.0. The average molecular weight is 430 g/mol. The number of morpholine rings is 1. The molecule has 1 aliphatic heterocycles. The highest BCUT2D eigenvalue weighted by molar-refractivity contribution is 7.98. The molecule has 0 N–H and O–H groups in total. The van der Waals surface area contributed by atoms with Gasteiger partial charge in [-0.3, -0.25) is 4.90 Å². The predicted molar refractivity (Wildman–Crippen MR) is 114 cm³/mol. The number of furan rings is 1. The van der Waals surface area contributed by atoms with Crippen LogP contribution in [-0.4, -0.2) is 62.7 Å². The van der Waals surface area contributed by atoms with Crippen molar-refractivity contribution in [1.29, 1.82) is 0 Å². The molecule has 0 saturated carbocycles. The second-order valence-corrected chi connectivity index (χ2v) is 7.53. The zero-order valence-corrected chi connectivity index (χ0v) is 18.2. The lowest BCUT2D eigenvalue weighted by atomic mass is 10.1. The minimum absolute atomic E-state index is 0. The van der Waals surface area contributed by atoms with Gasteiger partial charge in [-0.25, -0.2) is 4.79 Å². The van der Waals surface area contributed by atoms with E-state index >= 15 is 0 Å². The molecule has 2 aromatic rings. The van der Waals surface area contributed by atoms with E-state index in [1.165, 1.54) is 0 Å². The quantitative estimate of drug-likeness (QED) is 0.588. The summed E-state index contributed by atoms with van der Waals surface area (Å²) in [6.45, 7) is 7.91. The molecule has 3 rings (SSSR count). The number of ether oxygens (including phenoxy) is 3. The zero-order valence-electron chi connectivity index (χ0n) is 16.6. The van der Waals surface area contributed by atoms with Crippen LogP contribution < -0.4 is 4.74 Å². The maximum absolute atomic E-state index is 12.5. The molecule has 0 radical (unpaired) electrons. The van der Waals surface area contributed by atoms with Gasteiger partial charge in [-0.2, -0.15) is 11.8 Å². The van der Waals surface area contributed by atoms with Crippen LogP contribution in [-0.2, 0) is 15.2 Å². The lowest BCUT2D eigenvalue weighted by Gasteiger charge is -2.32. The number of fused-ring (bicyclic) bond motifs is 1. The van der Waals surface area contributed by atoms with Gasteiger partial charge in [-0.05, 0) is 32.0 Å². The van der Waals surface area contributed by atoms with Gasteiger partial charge in [0.1, 0.15) is 22.7 Å². The summed E-state index contributed by atoms with van der Waals surface area (Å²) in [6.07, 6.45) is 0. The predicted octanol–water partition coefficient (Wildman–Crippen LogP) is 3.99. The molecule has 1 aliphatic rings. The van der Waals surface area contributed by atoms with Gasteiger partial charge in [-0.15, -0.1) is 12.4 Å². The molecule has 1 atom stereocenters. The summed E-state index contributed by atoms with van der Waals surface area (Å²) < 4.78 is 22.0. The van der Waals surface area contributed by atoms with Gasteiger partial charge >= 0.3 is 5.97 Å².